The monoisotopic (exact) mass is 172 g/mol. The lowest BCUT2D eigenvalue weighted by Gasteiger charge is -2.09. The number of aliphatic carboxylic acids is 1. The van der Waals surface area contributed by atoms with Crippen molar-refractivity contribution in [3.8, 4) is 0 Å². The van der Waals surface area contributed by atoms with Gasteiger partial charge in [-0.25, -0.2) is 0 Å². The fourth-order valence-corrected chi connectivity index (χ4v) is 1.01. The lowest BCUT2D eigenvalue weighted by molar-refractivity contribution is -0.148. The third-order valence-corrected chi connectivity index (χ3v) is 1.57. The molecule has 1 atom stereocenters. The summed E-state index contributed by atoms with van der Waals surface area (Å²) >= 11 is 0. The van der Waals surface area contributed by atoms with E-state index in [1.807, 2.05) is 0 Å². The van der Waals surface area contributed by atoms with Gasteiger partial charge in [0.2, 0.25) is 11.8 Å². The van der Waals surface area contributed by atoms with Crippen molar-refractivity contribution in [2.75, 3.05) is 6.54 Å². The molecule has 2 amide bonds. The molecule has 1 fully saturated rings. The smallest absolute Gasteiger partial charge is 0.323 e. The molecule has 1 heterocycles. The summed E-state index contributed by atoms with van der Waals surface area (Å²) in [5, 5.41) is 8.31. The Labute approximate surface area is 67.9 Å². The van der Waals surface area contributed by atoms with E-state index >= 15 is 0 Å². The highest BCUT2D eigenvalue weighted by Crippen LogP contribution is 2.09. The number of nitrogens with two attached hydrogens (primary N) is 1. The van der Waals surface area contributed by atoms with Crippen molar-refractivity contribution < 1.29 is 19.5 Å². The fraction of sp³-hybridized carbons (Fsp3) is 0.500. The molecule has 0 aliphatic carbocycles. The number of carboxylic acid groups (broad SMARTS) is 1. The number of carboxylic acids is 1. The molecular formula is C6H8N2O4. The van der Waals surface area contributed by atoms with Crippen molar-refractivity contribution in [3.05, 3.63) is 0 Å². The molecule has 0 bridgehead atoms. The van der Waals surface area contributed by atoms with Gasteiger partial charge in [0.05, 0.1) is 12.5 Å². The summed E-state index contributed by atoms with van der Waals surface area (Å²) in [4.78, 5) is 32.7. The first kappa shape index (κ1) is 8.66. The highest BCUT2D eigenvalue weighted by molar-refractivity contribution is 6.07. The van der Waals surface area contributed by atoms with Gasteiger partial charge in [0.1, 0.15) is 6.54 Å². The van der Waals surface area contributed by atoms with Crippen LogP contribution in [0.25, 0.3) is 0 Å². The molecule has 6 heteroatoms. The van der Waals surface area contributed by atoms with Crippen LogP contribution in [-0.4, -0.2) is 40.4 Å². The fourth-order valence-electron chi connectivity index (χ4n) is 1.01. The average molecular weight is 172 g/mol. The summed E-state index contributed by atoms with van der Waals surface area (Å²) in [7, 11) is 0. The van der Waals surface area contributed by atoms with Crippen LogP contribution < -0.4 is 5.73 Å². The van der Waals surface area contributed by atoms with Gasteiger partial charge in [-0.1, -0.05) is 0 Å². The van der Waals surface area contributed by atoms with Gasteiger partial charge in [0.15, 0.2) is 0 Å². The standard InChI is InChI=1S/C6H8N2O4/c7-3-1-4(9)8(6(3)12)2-5(10)11/h3H,1-2,7H2,(H,10,11). The molecule has 0 aromatic rings. The van der Waals surface area contributed by atoms with Crippen LogP contribution >= 0.6 is 0 Å². The van der Waals surface area contributed by atoms with Crippen molar-refractivity contribution >= 4 is 17.8 Å². The Balaban J connectivity index is 2.70. The lowest BCUT2D eigenvalue weighted by Crippen LogP contribution is -2.38. The van der Waals surface area contributed by atoms with E-state index in [1.54, 1.807) is 0 Å². The van der Waals surface area contributed by atoms with E-state index in [0.29, 0.717) is 4.90 Å². The number of hydrogen-bond acceptors (Lipinski definition) is 4. The van der Waals surface area contributed by atoms with Crippen LogP contribution in [0.2, 0.25) is 0 Å². The highest BCUT2D eigenvalue weighted by Gasteiger charge is 2.36. The van der Waals surface area contributed by atoms with Gasteiger partial charge in [-0.15, -0.1) is 0 Å². The first-order valence-corrected chi connectivity index (χ1v) is 3.34. The number of rotatable bonds is 2. The van der Waals surface area contributed by atoms with Gasteiger partial charge >= 0.3 is 5.97 Å². The minimum absolute atomic E-state index is 0.0912. The van der Waals surface area contributed by atoms with Crippen LogP contribution in [0, 0.1) is 0 Å². The molecule has 0 aromatic carbocycles. The Morgan fingerprint density at radius 2 is 2.25 bits per heavy atom. The van der Waals surface area contributed by atoms with Crippen molar-refractivity contribution in [1.82, 2.24) is 4.90 Å². The first-order valence-electron chi connectivity index (χ1n) is 3.34. The van der Waals surface area contributed by atoms with Crippen LogP contribution in [0.5, 0.6) is 0 Å². The number of likely N-dealkylation sites (tertiary alicyclic amines) is 1. The summed E-state index contributed by atoms with van der Waals surface area (Å²) in [5.41, 5.74) is 5.23. The topological polar surface area (TPSA) is 101 Å². The summed E-state index contributed by atoms with van der Waals surface area (Å²) in [6.45, 7) is -0.592. The number of carbonyl (C=O) groups is 3. The van der Waals surface area contributed by atoms with Gasteiger partial charge < -0.3 is 10.8 Å². The van der Waals surface area contributed by atoms with Gasteiger partial charge in [-0.2, -0.15) is 0 Å². The van der Waals surface area contributed by atoms with E-state index in [0.717, 1.165) is 0 Å². The predicted molar refractivity (Wildman–Crippen MR) is 36.9 cm³/mol. The van der Waals surface area contributed by atoms with E-state index in [-0.39, 0.29) is 6.42 Å². The van der Waals surface area contributed by atoms with Gasteiger partial charge in [0, 0.05) is 0 Å². The number of hydrogen-bond donors (Lipinski definition) is 2. The molecule has 1 saturated heterocycles. The number of amides is 2. The molecule has 1 unspecified atom stereocenters. The number of imide groups is 1. The zero-order valence-electron chi connectivity index (χ0n) is 6.19. The summed E-state index contributed by atoms with van der Waals surface area (Å²) in [6.07, 6.45) is -0.0912. The Morgan fingerprint density at radius 3 is 2.58 bits per heavy atom. The SMILES string of the molecule is NC1CC(=O)N(CC(=O)O)C1=O. The molecular weight excluding hydrogens is 164 g/mol. The molecule has 66 valence electrons. The Hall–Kier alpha value is -1.43. The minimum Gasteiger partial charge on any atom is -0.480 e. The normalized spacial score (nSPS) is 23.4. The van der Waals surface area contributed by atoms with Gasteiger partial charge in [0.25, 0.3) is 0 Å². The molecule has 0 radical (unpaired) electrons. The zero-order chi connectivity index (χ0) is 9.30. The average Bonchev–Trinajstić information content (AvgIpc) is 2.16. The van der Waals surface area contributed by atoms with E-state index in [1.165, 1.54) is 0 Å². The van der Waals surface area contributed by atoms with Gasteiger partial charge in [-0.3, -0.25) is 19.3 Å². The van der Waals surface area contributed by atoms with E-state index in [9.17, 15) is 14.4 Å². The maximum atomic E-state index is 11.0. The van der Waals surface area contributed by atoms with Crippen LogP contribution in [0.1, 0.15) is 6.42 Å². The second-order valence-corrected chi connectivity index (χ2v) is 2.52. The van der Waals surface area contributed by atoms with Crippen molar-refractivity contribution in [1.29, 1.82) is 0 Å². The maximum Gasteiger partial charge on any atom is 0.323 e. The molecule has 0 saturated carbocycles. The quantitative estimate of drug-likeness (QED) is 0.476. The highest BCUT2D eigenvalue weighted by atomic mass is 16.4. The molecule has 3 N–H and O–H groups in total. The van der Waals surface area contributed by atoms with Crippen molar-refractivity contribution in [3.63, 3.8) is 0 Å². The number of nitrogens with zero attached hydrogens (tertiary/aromatic N) is 1. The zero-order valence-corrected chi connectivity index (χ0v) is 6.19. The summed E-state index contributed by atoms with van der Waals surface area (Å²) < 4.78 is 0. The van der Waals surface area contributed by atoms with Crippen LogP contribution in [0.3, 0.4) is 0 Å². The Bertz CT molecular complexity index is 250. The molecule has 1 aliphatic heterocycles. The Kier molecular flexibility index (Phi) is 2.09. The second-order valence-electron chi connectivity index (χ2n) is 2.52. The third-order valence-electron chi connectivity index (χ3n) is 1.57. The van der Waals surface area contributed by atoms with Crippen molar-refractivity contribution in [2.45, 2.75) is 12.5 Å². The van der Waals surface area contributed by atoms with E-state index in [2.05, 4.69) is 0 Å². The van der Waals surface area contributed by atoms with Crippen LogP contribution in [-0.2, 0) is 14.4 Å². The van der Waals surface area contributed by atoms with Crippen LogP contribution in [0.4, 0.5) is 0 Å². The predicted octanol–water partition coefficient (Wildman–Crippen LogP) is -1.84. The Morgan fingerprint density at radius 1 is 1.67 bits per heavy atom. The van der Waals surface area contributed by atoms with Crippen molar-refractivity contribution in [2.24, 2.45) is 5.73 Å². The lowest BCUT2D eigenvalue weighted by atomic mass is 10.3. The maximum absolute atomic E-state index is 11.0. The molecule has 12 heavy (non-hydrogen) atoms. The first-order chi connectivity index (χ1) is 5.52. The van der Waals surface area contributed by atoms with Crippen LogP contribution in [0.15, 0.2) is 0 Å². The molecule has 0 spiro atoms. The second kappa shape index (κ2) is 2.90. The molecule has 1 aliphatic rings. The molecule has 6 nitrogen and oxygen atoms in total. The van der Waals surface area contributed by atoms with Gasteiger partial charge in [-0.05, 0) is 0 Å². The third kappa shape index (κ3) is 1.42. The molecule has 0 aromatic heterocycles. The van der Waals surface area contributed by atoms with E-state index in [4.69, 9.17) is 10.8 Å². The minimum atomic E-state index is -1.22. The summed E-state index contributed by atoms with van der Waals surface area (Å²) in [5.74, 6) is -2.34. The summed E-state index contributed by atoms with van der Waals surface area (Å²) in [6, 6.07) is -0.864. The molecule has 1 rings (SSSR count). The number of carbonyl (C=O) groups excluding carboxylic acids is 2. The van der Waals surface area contributed by atoms with E-state index < -0.39 is 30.4 Å². The largest absolute Gasteiger partial charge is 0.480 e.